The summed E-state index contributed by atoms with van der Waals surface area (Å²) < 4.78 is 7.43. The van der Waals surface area contributed by atoms with Gasteiger partial charge in [0.2, 0.25) is 0 Å². The SMILES string of the molecule is Cc1ccc(Cn2c(C(=O)Nc3cc(Cl)cc(Cl)c3)cc3occc32)cc1. The Bertz CT molecular complexity index is 1110. The maximum absolute atomic E-state index is 12.9. The summed E-state index contributed by atoms with van der Waals surface area (Å²) in [7, 11) is 0. The van der Waals surface area contributed by atoms with E-state index < -0.39 is 0 Å². The number of carbonyl (C=O) groups is 1. The number of amides is 1. The molecule has 0 aliphatic heterocycles. The molecule has 0 bridgehead atoms. The molecule has 2 aromatic heterocycles. The van der Waals surface area contributed by atoms with Gasteiger partial charge in [0.25, 0.3) is 5.91 Å². The van der Waals surface area contributed by atoms with Crippen LogP contribution in [0, 0.1) is 6.92 Å². The molecule has 27 heavy (non-hydrogen) atoms. The first-order valence-corrected chi connectivity index (χ1v) is 9.15. The first-order chi connectivity index (χ1) is 13.0. The smallest absolute Gasteiger partial charge is 0.272 e. The van der Waals surface area contributed by atoms with Gasteiger partial charge in [-0.1, -0.05) is 53.0 Å². The molecule has 0 aliphatic rings. The molecule has 0 radical (unpaired) electrons. The van der Waals surface area contributed by atoms with Gasteiger partial charge in [-0.15, -0.1) is 0 Å². The number of nitrogens with zero attached hydrogens (tertiary/aromatic N) is 1. The van der Waals surface area contributed by atoms with Gasteiger partial charge in [-0.3, -0.25) is 4.79 Å². The van der Waals surface area contributed by atoms with E-state index in [4.69, 9.17) is 27.6 Å². The predicted molar refractivity (Wildman–Crippen MR) is 109 cm³/mol. The van der Waals surface area contributed by atoms with Crippen LogP contribution in [0.5, 0.6) is 0 Å². The highest BCUT2D eigenvalue weighted by molar-refractivity contribution is 6.35. The third kappa shape index (κ3) is 3.72. The first kappa shape index (κ1) is 17.7. The van der Waals surface area contributed by atoms with Crippen molar-refractivity contribution in [2.24, 2.45) is 0 Å². The Kier molecular flexibility index (Phi) is 4.68. The molecule has 1 amide bonds. The maximum atomic E-state index is 12.9. The van der Waals surface area contributed by atoms with Crippen LogP contribution >= 0.6 is 23.2 Å². The molecule has 0 saturated carbocycles. The number of aryl methyl sites for hydroxylation is 1. The molecule has 0 unspecified atom stereocenters. The lowest BCUT2D eigenvalue weighted by atomic mass is 10.1. The number of aromatic nitrogens is 1. The summed E-state index contributed by atoms with van der Waals surface area (Å²) in [5.74, 6) is -0.258. The van der Waals surface area contributed by atoms with Crippen molar-refractivity contribution in [1.29, 1.82) is 0 Å². The van der Waals surface area contributed by atoms with Gasteiger partial charge in [-0.05, 0) is 30.7 Å². The van der Waals surface area contributed by atoms with Crippen molar-refractivity contribution >= 4 is 45.9 Å². The molecule has 0 fully saturated rings. The number of carbonyl (C=O) groups excluding carboxylic acids is 1. The lowest BCUT2D eigenvalue weighted by molar-refractivity contribution is 0.101. The van der Waals surface area contributed by atoms with E-state index in [-0.39, 0.29) is 5.91 Å². The number of anilines is 1. The molecule has 0 saturated heterocycles. The largest absolute Gasteiger partial charge is 0.463 e. The number of fused-ring (bicyclic) bond motifs is 1. The lowest BCUT2D eigenvalue weighted by Crippen LogP contribution is -2.17. The fraction of sp³-hybridized carbons (Fsp3) is 0.0952. The van der Waals surface area contributed by atoms with Crippen molar-refractivity contribution in [2.45, 2.75) is 13.5 Å². The number of hydrogen-bond donors (Lipinski definition) is 1. The van der Waals surface area contributed by atoms with Crippen molar-refractivity contribution in [1.82, 2.24) is 4.57 Å². The number of nitrogens with one attached hydrogen (secondary N) is 1. The van der Waals surface area contributed by atoms with E-state index in [9.17, 15) is 4.79 Å². The van der Waals surface area contributed by atoms with Crippen LogP contribution in [0.1, 0.15) is 21.6 Å². The number of benzene rings is 2. The van der Waals surface area contributed by atoms with Gasteiger partial charge in [-0.2, -0.15) is 0 Å². The van der Waals surface area contributed by atoms with Gasteiger partial charge in [0, 0.05) is 34.4 Å². The fourth-order valence-corrected chi connectivity index (χ4v) is 3.56. The third-order valence-electron chi connectivity index (χ3n) is 4.34. The van der Waals surface area contributed by atoms with E-state index in [0.717, 1.165) is 11.1 Å². The number of hydrogen-bond acceptors (Lipinski definition) is 2. The quantitative estimate of drug-likeness (QED) is 0.447. The van der Waals surface area contributed by atoms with Crippen LogP contribution in [0.4, 0.5) is 5.69 Å². The highest BCUT2D eigenvalue weighted by Gasteiger charge is 2.18. The van der Waals surface area contributed by atoms with Gasteiger partial charge in [0.15, 0.2) is 5.58 Å². The summed E-state index contributed by atoms with van der Waals surface area (Å²) in [6.07, 6.45) is 1.62. The molecular weight excluding hydrogens is 383 g/mol. The molecule has 0 spiro atoms. The second-order valence-corrected chi connectivity index (χ2v) is 7.26. The predicted octanol–water partition coefficient (Wildman–Crippen LogP) is 6.15. The zero-order chi connectivity index (χ0) is 19.0. The standard InChI is InChI=1S/C21H16Cl2N2O2/c1-13-2-4-14(5-3-13)12-25-18-6-7-27-20(18)11-19(25)21(26)24-17-9-15(22)8-16(23)10-17/h2-11H,12H2,1H3,(H,24,26). The van der Waals surface area contributed by atoms with E-state index in [1.165, 1.54) is 5.56 Å². The van der Waals surface area contributed by atoms with Crippen LogP contribution in [0.25, 0.3) is 11.1 Å². The van der Waals surface area contributed by atoms with E-state index in [1.807, 2.05) is 17.6 Å². The van der Waals surface area contributed by atoms with Gasteiger partial charge >= 0.3 is 0 Å². The highest BCUT2D eigenvalue weighted by Crippen LogP contribution is 2.26. The monoisotopic (exact) mass is 398 g/mol. The number of furan rings is 1. The van der Waals surface area contributed by atoms with Gasteiger partial charge in [0.05, 0.1) is 11.8 Å². The van der Waals surface area contributed by atoms with Crippen molar-refractivity contribution in [3.05, 3.63) is 87.7 Å². The molecule has 4 rings (SSSR count). The van der Waals surface area contributed by atoms with Gasteiger partial charge < -0.3 is 14.3 Å². The molecule has 0 aliphatic carbocycles. The summed E-state index contributed by atoms with van der Waals surface area (Å²) >= 11 is 12.0. The van der Waals surface area contributed by atoms with E-state index >= 15 is 0 Å². The number of halogens is 2. The Balaban J connectivity index is 1.69. The summed E-state index contributed by atoms with van der Waals surface area (Å²) in [4.78, 5) is 12.9. The molecule has 4 nitrogen and oxygen atoms in total. The van der Waals surface area contributed by atoms with Crippen LogP contribution in [-0.4, -0.2) is 10.5 Å². The second kappa shape index (κ2) is 7.14. The average Bonchev–Trinajstić information content (AvgIpc) is 3.18. The molecular formula is C21H16Cl2N2O2. The Morgan fingerprint density at radius 3 is 2.44 bits per heavy atom. The van der Waals surface area contributed by atoms with Gasteiger partial charge in [-0.25, -0.2) is 0 Å². The van der Waals surface area contributed by atoms with E-state index in [0.29, 0.717) is 33.6 Å². The van der Waals surface area contributed by atoms with E-state index in [1.54, 1.807) is 30.5 Å². The molecule has 6 heteroatoms. The first-order valence-electron chi connectivity index (χ1n) is 8.39. The highest BCUT2D eigenvalue weighted by atomic mass is 35.5. The molecule has 136 valence electrons. The van der Waals surface area contributed by atoms with Crippen molar-refractivity contribution in [3.63, 3.8) is 0 Å². The van der Waals surface area contributed by atoms with Crippen LogP contribution < -0.4 is 5.32 Å². The van der Waals surface area contributed by atoms with Crippen LogP contribution in [0.2, 0.25) is 10.0 Å². The Hall–Kier alpha value is -2.69. The summed E-state index contributed by atoms with van der Waals surface area (Å²) in [6.45, 7) is 2.60. The van der Waals surface area contributed by atoms with Crippen LogP contribution in [0.3, 0.4) is 0 Å². The summed E-state index contributed by atoms with van der Waals surface area (Å²) in [5.41, 5.74) is 4.86. The van der Waals surface area contributed by atoms with Crippen LogP contribution in [0.15, 0.2) is 65.3 Å². The Morgan fingerprint density at radius 2 is 1.74 bits per heavy atom. The van der Waals surface area contributed by atoms with Crippen molar-refractivity contribution < 1.29 is 9.21 Å². The topological polar surface area (TPSA) is 47.2 Å². The zero-order valence-electron chi connectivity index (χ0n) is 14.5. The molecule has 2 heterocycles. The molecule has 1 N–H and O–H groups in total. The Morgan fingerprint density at radius 1 is 1.04 bits per heavy atom. The summed E-state index contributed by atoms with van der Waals surface area (Å²) in [6, 6.07) is 16.7. The summed E-state index contributed by atoms with van der Waals surface area (Å²) in [5, 5.41) is 3.78. The molecule has 4 aromatic rings. The Labute approximate surface area is 166 Å². The molecule has 2 aromatic carbocycles. The zero-order valence-corrected chi connectivity index (χ0v) is 16.0. The van der Waals surface area contributed by atoms with Crippen LogP contribution in [-0.2, 0) is 6.54 Å². The minimum atomic E-state index is -0.258. The minimum absolute atomic E-state index is 0.258. The average molecular weight is 399 g/mol. The second-order valence-electron chi connectivity index (χ2n) is 6.38. The van der Waals surface area contributed by atoms with E-state index in [2.05, 4.69) is 29.6 Å². The number of rotatable bonds is 4. The normalized spacial score (nSPS) is 11.1. The minimum Gasteiger partial charge on any atom is -0.463 e. The lowest BCUT2D eigenvalue weighted by Gasteiger charge is -2.11. The van der Waals surface area contributed by atoms with Crippen molar-refractivity contribution in [2.75, 3.05) is 5.32 Å². The molecule has 0 atom stereocenters. The van der Waals surface area contributed by atoms with Gasteiger partial charge in [0.1, 0.15) is 5.69 Å². The third-order valence-corrected chi connectivity index (χ3v) is 4.77. The fourth-order valence-electron chi connectivity index (χ4n) is 3.03. The van der Waals surface area contributed by atoms with Crippen molar-refractivity contribution in [3.8, 4) is 0 Å². The maximum Gasteiger partial charge on any atom is 0.272 e.